The van der Waals surface area contributed by atoms with E-state index in [1.165, 1.54) is 0 Å². The van der Waals surface area contributed by atoms with Crippen LogP contribution in [0.3, 0.4) is 0 Å². The zero-order valence-corrected chi connectivity index (χ0v) is 21.4. The first kappa shape index (κ1) is 25.1. The first-order valence-electron chi connectivity index (χ1n) is 11.4. The minimum atomic E-state index is -2.14. The normalized spacial score (nSPS) is 13.7. The van der Waals surface area contributed by atoms with Gasteiger partial charge in [0, 0.05) is 32.1 Å². The van der Waals surface area contributed by atoms with E-state index < -0.39 is 16.5 Å². The quantitative estimate of drug-likeness (QED) is 0.189. The molecule has 0 aromatic heterocycles. The van der Waals surface area contributed by atoms with E-state index >= 15 is 0 Å². The molecule has 35 heavy (non-hydrogen) atoms. The zero-order chi connectivity index (χ0) is 24.8. The Morgan fingerprint density at radius 3 is 1.91 bits per heavy atom. The molecule has 0 fully saturated rings. The summed E-state index contributed by atoms with van der Waals surface area (Å²) in [4.78, 5) is 14.7. The molecule has 4 aromatic rings. The van der Waals surface area contributed by atoms with Gasteiger partial charge in [0.15, 0.2) is 5.78 Å². The molecule has 4 aromatic carbocycles. The van der Waals surface area contributed by atoms with Crippen molar-refractivity contribution in [3.63, 3.8) is 0 Å². The van der Waals surface area contributed by atoms with E-state index in [-0.39, 0.29) is 11.5 Å². The van der Waals surface area contributed by atoms with Crippen LogP contribution < -0.4 is 0 Å². The number of carbonyl (C=O) groups excluding carboxylic acids is 1. The van der Waals surface area contributed by atoms with Crippen LogP contribution in [0.5, 0.6) is 0 Å². The molecule has 5 heteroatoms. The van der Waals surface area contributed by atoms with Crippen LogP contribution in [0.25, 0.3) is 0 Å². The lowest BCUT2D eigenvalue weighted by Gasteiger charge is -2.31. The third kappa shape index (κ3) is 6.57. The summed E-state index contributed by atoms with van der Waals surface area (Å²) < 4.78 is 23.2. The molecule has 0 saturated carbocycles. The Bertz CT molecular complexity index is 1300. The lowest BCUT2D eigenvalue weighted by atomic mass is 9.79. The molecule has 3 nitrogen and oxygen atoms in total. The number of benzene rings is 4. The molecule has 0 aliphatic carbocycles. The molecular weight excluding hydrogens is 472 g/mol. The Morgan fingerprint density at radius 2 is 1.34 bits per heavy atom. The fourth-order valence-corrected chi connectivity index (χ4v) is 5.75. The van der Waals surface area contributed by atoms with Gasteiger partial charge >= 0.3 is 0 Å². The zero-order valence-electron chi connectivity index (χ0n) is 19.8. The maximum Gasteiger partial charge on any atom is 0.193 e. The molecule has 0 amide bonds. The molecule has 0 aliphatic rings. The maximum absolute atomic E-state index is 12.6. The van der Waals surface area contributed by atoms with Crippen molar-refractivity contribution in [1.82, 2.24) is 0 Å². The van der Waals surface area contributed by atoms with Crippen molar-refractivity contribution in [1.29, 1.82) is 0 Å². The van der Waals surface area contributed by atoms with Crippen LogP contribution in [0.2, 0.25) is 0 Å². The van der Waals surface area contributed by atoms with E-state index in [0.717, 1.165) is 26.5 Å². The summed E-state index contributed by atoms with van der Waals surface area (Å²) in [6, 6.07) is 33.3. The van der Waals surface area contributed by atoms with E-state index in [2.05, 4.69) is 24.3 Å². The number of hydrogen-bond donors (Lipinski definition) is 0. The van der Waals surface area contributed by atoms with E-state index in [1.54, 1.807) is 11.8 Å². The van der Waals surface area contributed by atoms with Gasteiger partial charge in [0.25, 0.3) is 0 Å². The second-order valence-corrected chi connectivity index (χ2v) is 11.1. The van der Waals surface area contributed by atoms with Crippen molar-refractivity contribution in [2.45, 2.75) is 35.5 Å². The third-order valence-corrected chi connectivity index (χ3v) is 7.98. The number of hydrogen-bond acceptors (Lipinski definition) is 4. The second kappa shape index (κ2) is 11.2. The molecule has 2 unspecified atom stereocenters. The first-order chi connectivity index (χ1) is 16.8. The van der Waals surface area contributed by atoms with Crippen LogP contribution in [0.1, 0.15) is 39.5 Å². The highest BCUT2D eigenvalue weighted by Crippen LogP contribution is 2.32. The van der Waals surface area contributed by atoms with E-state index in [9.17, 15) is 13.6 Å². The van der Waals surface area contributed by atoms with Crippen molar-refractivity contribution in [2.75, 3.05) is 5.75 Å². The predicted octanol–water partition coefficient (Wildman–Crippen LogP) is 6.76. The van der Waals surface area contributed by atoms with Gasteiger partial charge in [-0.1, -0.05) is 102 Å². The average molecular weight is 500 g/mol. The van der Waals surface area contributed by atoms with Gasteiger partial charge in [-0.2, -0.15) is 0 Å². The minimum Gasteiger partial charge on any atom is -0.772 e. The lowest BCUT2D eigenvalue weighted by Crippen LogP contribution is -2.31. The molecule has 0 saturated heterocycles. The summed E-state index contributed by atoms with van der Waals surface area (Å²) in [6.07, 6.45) is 0.630. The SMILES string of the molecule is Cc1ccc(C(C)(Cc2ccc(Sc3ccc(C(=O)c4ccccc4)cc3)cc2)CS(=O)[O-])cc1. The van der Waals surface area contributed by atoms with Gasteiger partial charge in [0.2, 0.25) is 0 Å². The van der Waals surface area contributed by atoms with Gasteiger partial charge < -0.3 is 4.55 Å². The van der Waals surface area contributed by atoms with Crippen molar-refractivity contribution in [3.8, 4) is 0 Å². The predicted molar refractivity (Wildman–Crippen MR) is 143 cm³/mol. The van der Waals surface area contributed by atoms with E-state index in [1.807, 2.05) is 92.7 Å². The molecule has 0 aliphatic heterocycles. The fraction of sp³-hybridized carbons (Fsp3) is 0.167. The highest BCUT2D eigenvalue weighted by Gasteiger charge is 2.27. The molecule has 0 heterocycles. The van der Waals surface area contributed by atoms with Crippen molar-refractivity contribution >= 4 is 28.6 Å². The second-order valence-electron chi connectivity index (χ2n) is 9.02. The number of rotatable bonds is 9. The monoisotopic (exact) mass is 499 g/mol. The molecule has 0 radical (unpaired) electrons. The lowest BCUT2D eigenvalue weighted by molar-refractivity contribution is 0.103. The van der Waals surface area contributed by atoms with Crippen LogP contribution in [-0.2, 0) is 22.9 Å². The molecule has 2 atom stereocenters. The number of aryl methyl sites for hydroxylation is 1. The smallest absolute Gasteiger partial charge is 0.193 e. The van der Waals surface area contributed by atoms with Crippen LogP contribution in [-0.4, -0.2) is 20.3 Å². The Hall–Kier alpha value is -2.99. The van der Waals surface area contributed by atoms with Crippen LogP contribution in [0, 0.1) is 6.92 Å². The largest absolute Gasteiger partial charge is 0.772 e. The van der Waals surface area contributed by atoms with Gasteiger partial charge in [-0.05, 0) is 60.9 Å². The summed E-state index contributed by atoms with van der Waals surface area (Å²) in [7, 11) is 0. The summed E-state index contributed by atoms with van der Waals surface area (Å²) in [5.41, 5.74) is 4.11. The van der Waals surface area contributed by atoms with E-state index in [0.29, 0.717) is 17.5 Å². The van der Waals surface area contributed by atoms with Crippen molar-refractivity contribution in [3.05, 3.63) is 131 Å². The van der Waals surface area contributed by atoms with Gasteiger partial charge in [0.1, 0.15) is 0 Å². The molecule has 0 N–H and O–H groups in total. The highest BCUT2D eigenvalue weighted by molar-refractivity contribution is 7.99. The standard InChI is InChI=1S/C30H28O3S2/c1-22-8-14-26(15-9-22)30(2,21-35(32)33)20-23-10-16-27(17-11-23)34-28-18-12-25(13-19-28)29(31)24-6-4-3-5-7-24/h3-19H,20-21H2,1-2H3,(H,32,33)/p-1. The number of ketones is 1. The highest BCUT2D eigenvalue weighted by atomic mass is 32.2. The third-order valence-electron chi connectivity index (χ3n) is 6.09. The number of carbonyl (C=O) groups is 1. The fourth-order valence-electron chi connectivity index (χ4n) is 4.14. The maximum atomic E-state index is 12.6. The molecule has 4 rings (SSSR count). The van der Waals surface area contributed by atoms with Gasteiger partial charge in [0.05, 0.1) is 0 Å². The summed E-state index contributed by atoms with van der Waals surface area (Å²) >= 11 is -0.512. The van der Waals surface area contributed by atoms with E-state index in [4.69, 9.17) is 0 Å². The topological polar surface area (TPSA) is 57.2 Å². The molecule has 0 bridgehead atoms. The molecule has 178 valence electrons. The molecule has 0 spiro atoms. The summed E-state index contributed by atoms with van der Waals surface area (Å²) in [5.74, 6) is 0.0859. The van der Waals surface area contributed by atoms with Crippen LogP contribution in [0.4, 0.5) is 0 Å². The average Bonchev–Trinajstić information content (AvgIpc) is 2.86. The Balaban J connectivity index is 1.45. The Kier molecular flexibility index (Phi) is 8.01. The first-order valence-corrected chi connectivity index (χ1v) is 13.5. The van der Waals surface area contributed by atoms with Crippen LogP contribution >= 0.6 is 11.8 Å². The van der Waals surface area contributed by atoms with Crippen LogP contribution in [0.15, 0.2) is 113 Å². The Morgan fingerprint density at radius 1 is 0.800 bits per heavy atom. The summed E-state index contributed by atoms with van der Waals surface area (Å²) in [6.45, 7) is 4.03. The Labute approximate surface area is 213 Å². The van der Waals surface area contributed by atoms with Gasteiger partial charge in [-0.15, -0.1) is 0 Å². The van der Waals surface area contributed by atoms with Gasteiger partial charge in [-0.25, -0.2) is 0 Å². The van der Waals surface area contributed by atoms with Crippen molar-refractivity contribution in [2.24, 2.45) is 0 Å². The molecular formula is C30H27O3S2-. The minimum absolute atomic E-state index is 0.0159. The van der Waals surface area contributed by atoms with Gasteiger partial charge in [-0.3, -0.25) is 9.00 Å². The summed E-state index contributed by atoms with van der Waals surface area (Å²) in [5, 5.41) is 0. The van der Waals surface area contributed by atoms with Crippen molar-refractivity contribution < 1.29 is 13.6 Å².